The molecule has 1 saturated carbocycles. The zero-order valence-electron chi connectivity index (χ0n) is 33.1. The topological polar surface area (TPSA) is 273 Å². The predicted molar refractivity (Wildman–Crippen MR) is 201 cm³/mol. The maximum atomic E-state index is 14.3. The molecule has 1 aliphatic rings. The van der Waals surface area contributed by atoms with Crippen LogP contribution in [0.2, 0.25) is 0 Å². The second-order valence-corrected chi connectivity index (χ2v) is 22.6. The monoisotopic (exact) mass is 1000 g/mol. The van der Waals surface area contributed by atoms with Crippen molar-refractivity contribution in [1.29, 1.82) is 0 Å². The summed E-state index contributed by atoms with van der Waals surface area (Å²) in [4.78, 5) is 21.6. The fourth-order valence-electron chi connectivity index (χ4n) is 4.82. The van der Waals surface area contributed by atoms with Gasteiger partial charge in [0.25, 0.3) is 0 Å². The molecule has 0 heterocycles. The van der Waals surface area contributed by atoms with Crippen LogP contribution in [0.1, 0.15) is 69.2 Å². The van der Waals surface area contributed by atoms with Crippen LogP contribution in [0.3, 0.4) is 0 Å². The number of hydrogen-bond donors (Lipinski definition) is 2. The van der Waals surface area contributed by atoms with Gasteiger partial charge in [-0.2, -0.15) is 0 Å². The van der Waals surface area contributed by atoms with Crippen molar-refractivity contribution in [2.45, 2.75) is 106 Å². The first-order chi connectivity index (χ1) is 26.2. The molecule has 0 saturated heterocycles. The Morgan fingerprint density at radius 3 is 0.554 bits per heavy atom. The molecule has 336 valence electrons. The maximum absolute atomic E-state index is 14.3. The molecule has 1 fully saturated rings. The molecule has 56 heavy (non-hydrogen) atoms. The molecule has 23 nitrogen and oxygen atoms in total. The third-order valence-corrected chi connectivity index (χ3v) is 15.6. The van der Waals surface area contributed by atoms with Crippen LogP contribution < -0.4 is 0 Å². The Hall–Kier alpha value is 1.38. The van der Waals surface area contributed by atoms with Crippen LogP contribution in [0.25, 0.3) is 0 Å². The van der Waals surface area contributed by atoms with E-state index in [0.717, 1.165) is 0 Å². The first-order valence-corrected chi connectivity index (χ1v) is 28.9. The summed E-state index contributed by atoms with van der Waals surface area (Å²) in [6.07, 6.45) is -18.1. The van der Waals surface area contributed by atoms with Crippen molar-refractivity contribution < 1.29 is 105 Å². The van der Waals surface area contributed by atoms with Crippen molar-refractivity contribution in [3.63, 3.8) is 0 Å². The fraction of sp³-hybridized carbons (Fsp3) is 1.00. The van der Waals surface area contributed by atoms with Gasteiger partial charge in [0.1, 0.15) is 0 Å². The summed E-state index contributed by atoms with van der Waals surface area (Å²) >= 11 is 2.04. The van der Waals surface area contributed by atoms with Gasteiger partial charge in [0.2, 0.25) is 0 Å². The van der Waals surface area contributed by atoms with E-state index in [1.54, 1.807) is 0 Å². The minimum atomic E-state index is -4.84. The third kappa shape index (κ3) is 18.0. The van der Waals surface area contributed by atoms with E-state index in [-0.39, 0.29) is 66.1 Å². The van der Waals surface area contributed by atoms with Gasteiger partial charge in [0.05, 0.1) is 0 Å². The van der Waals surface area contributed by atoms with Crippen molar-refractivity contribution in [1.82, 2.24) is 0 Å². The van der Waals surface area contributed by atoms with Crippen LogP contribution in [-0.4, -0.2) is 128 Å². The van der Waals surface area contributed by atoms with Gasteiger partial charge in [-0.15, -0.1) is 0 Å². The summed E-state index contributed by atoms with van der Waals surface area (Å²) in [5.41, 5.74) is 0. The van der Waals surface area contributed by atoms with Crippen molar-refractivity contribution in [2.24, 2.45) is 0 Å². The van der Waals surface area contributed by atoms with Crippen LogP contribution >= 0.6 is 45.3 Å². The zero-order chi connectivity index (χ0) is 42.8. The van der Waals surface area contributed by atoms with Gasteiger partial charge in [-0.25, -0.2) is 0 Å². The van der Waals surface area contributed by atoms with Gasteiger partial charge < -0.3 is 0 Å². The first kappa shape index (κ1) is 55.4. The molecule has 0 aromatic rings. The van der Waals surface area contributed by atoms with Crippen LogP contribution in [0.15, 0.2) is 0 Å². The summed E-state index contributed by atoms with van der Waals surface area (Å²) in [7, 11) is -24.1. The van der Waals surface area contributed by atoms with E-state index in [1.807, 2.05) is 15.1 Å². The quantitative estimate of drug-likeness (QED) is 0.0504. The Balaban J connectivity index is 4.69. The average molecular weight is 1000 g/mol. The Morgan fingerprint density at radius 1 is 0.321 bits per heavy atom. The van der Waals surface area contributed by atoms with E-state index in [1.165, 1.54) is 69.2 Å². The van der Waals surface area contributed by atoms with Gasteiger partial charge in [-0.1, -0.05) is 0 Å². The molecule has 0 radical (unpaired) electrons. The molecular weight excluding hydrogens is 945 g/mol. The van der Waals surface area contributed by atoms with Gasteiger partial charge in [-0.3, -0.25) is 0 Å². The third-order valence-electron chi connectivity index (χ3n) is 6.33. The van der Waals surface area contributed by atoms with Gasteiger partial charge in [0, 0.05) is 0 Å². The molecule has 0 spiro atoms. The SMILES string of the molecule is CCOP(=O)(OCC)OC1[C@@H](OP(=O)(OCC)OCC)[C@@H](OP(=O)(OCC)OCC)C(OP(O)(O)=[Se])[C@H](OP(=O)(OCC)OCC)[C@H]1OP(=O)(OCC)OCC. The zero-order valence-corrected chi connectivity index (χ0v) is 40.2. The molecule has 2 unspecified atom stereocenters. The average Bonchev–Trinajstić information content (AvgIpc) is 3.06. The summed E-state index contributed by atoms with van der Waals surface area (Å²) in [6.45, 7) is 11.5. The van der Waals surface area contributed by atoms with Crippen molar-refractivity contribution in [3.8, 4) is 0 Å². The molecule has 0 aliphatic heterocycles. The van der Waals surface area contributed by atoms with Crippen LogP contribution in [-0.2, 0) is 95.2 Å². The van der Waals surface area contributed by atoms with Gasteiger partial charge >= 0.3 is 337 Å². The van der Waals surface area contributed by atoms with E-state index in [2.05, 4.69) is 0 Å². The van der Waals surface area contributed by atoms with Crippen molar-refractivity contribution >= 4 is 60.4 Å². The molecule has 0 amide bonds. The van der Waals surface area contributed by atoms with E-state index in [0.29, 0.717) is 0 Å². The van der Waals surface area contributed by atoms with Gasteiger partial charge in [0.15, 0.2) is 0 Å². The fourth-order valence-corrected chi connectivity index (χ4v) is 12.8. The molecular formula is C26H58O23P6Se. The van der Waals surface area contributed by atoms with Crippen molar-refractivity contribution in [2.75, 3.05) is 66.1 Å². The molecule has 1 rings (SSSR count). The molecule has 30 heteroatoms. The van der Waals surface area contributed by atoms with E-state index in [9.17, 15) is 32.6 Å². The summed E-state index contributed by atoms with van der Waals surface area (Å²) in [5.74, 6) is 0. The normalized spacial score (nSPS) is 23.1. The standard InChI is InChI=1S/C26H58O23P6Se/c1-11-34-51(29,35-12-2)45-22-21(44-50(27,28)56)23(46-52(30,36-13-3)37-14-4)25(48-54(32,40-17-7)41-18-8)26(49-55(33,42-19-9)43-20-10)24(22)47-53(31,38-15-5)39-16-6/h21-26H,11-20H2,1-10H3,(H2,27,28,56)/t21?,22-,23-,24-,25+,26?/m0/s1. The Bertz CT molecular complexity index is 1310. The Morgan fingerprint density at radius 2 is 0.446 bits per heavy atom. The number of phosphoric acid groups is 5. The van der Waals surface area contributed by atoms with Crippen LogP contribution in [0.4, 0.5) is 0 Å². The van der Waals surface area contributed by atoms with Crippen molar-refractivity contribution in [3.05, 3.63) is 0 Å². The van der Waals surface area contributed by atoms with Gasteiger partial charge in [-0.05, 0) is 0 Å². The van der Waals surface area contributed by atoms with Crippen LogP contribution in [0.5, 0.6) is 0 Å². The predicted octanol–water partition coefficient (Wildman–Crippen LogP) is 7.05. The number of hydrogen-bond acceptors (Lipinski definition) is 23. The molecule has 2 N–H and O–H groups in total. The van der Waals surface area contributed by atoms with Crippen LogP contribution in [0, 0.1) is 0 Å². The molecule has 6 atom stereocenters. The van der Waals surface area contributed by atoms with E-state index >= 15 is 0 Å². The molecule has 0 bridgehead atoms. The second kappa shape index (κ2) is 26.1. The molecule has 0 aromatic heterocycles. The molecule has 1 aliphatic carbocycles. The molecule has 0 aromatic carbocycles. The first-order valence-electron chi connectivity index (χ1n) is 17.8. The Kier molecular flexibility index (Phi) is 25.8. The summed E-state index contributed by atoms with van der Waals surface area (Å²) < 4.78 is 160. The second-order valence-electron chi connectivity index (χ2n) is 10.3. The Labute approximate surface area is 336 Å². The minimum absolute atomic E-state index is 0.291. The summed E-state index contributed by atoms with van der Waals surface area (Å²) in [5, 5.41) is 0. The summed E-state index contributed by atoms with van der Waals surface area (Å²) in [6, 6.07) is 0. The van der Waals surface area contributed by atoms with E-state index < -0.39 is 81.9 Å². The van der Waals surface area contributed by atoms with E-state index in [4.69, 9.17) is 72.4 Å². The number of phosphoric ester groups is 5. The number of rotatable bonds is 32.